The first-order valence-corrected chi connectivity index (χ1v) is 9.48. The molecule has 4 heteroatoms. The van der Waals surface area contributed by atoms with E-state index >= 15 is 0 Å². The van der Waals surface area contributed by atoms with Gasteiger partial charge in [-0.2, -0.15) is 0 Å². The van der Waals surface area contributed by atoms with Crippen molar-refractivity contribution in [3.05, 3.63) is 28.8 Å². The second kappa shape index (κ2) is 6.15. The van der Waals surface area contributed by atoms with Crippen molar-refractivity contribution in [3.8, 4) is 5.75 Å². The number of benzene rings is 1. The van der Waals surface area contributed by atoms with E-state index in [9.17, 15) is 9.59 Å². The number of fused-ring (bicyclic) bond motifs is 5. The Kier molecular flexibility index (Phi) is 4.09. The SMILES string of the molecule is COc1cc2c(cc1CNC=O)CCC1C2CCC2(C)C(=O)CCC12. The first-order chi connectivity index (χ1) is 12.1. The molecule has 4 unspecified atom stereocenters. The molecule has 0 radical (unpaired) electrons. The predicted octanol–water partition coefficient (Wildman–Crippen LogP) is 3.37. The fourth-order valence-corrected chi connectivity index (χ4v) is 5.90. The summed E-state index contributed by atoms with van der Waals surface area (Å²) in [7, 11) is 1.69. The van der Waals surface area contributed by atoms with Crippen molar-refractivity contribution < 1.29 is 14.3 Å². The number of ether oxygens (including phenoxy) is 1. The molecule has 4 atom stereocenters. The molecule has 4 nitrogen and oxygen atoms in total. The van der Waals surface area contributed by atoms with Crippen LogP contribution in [0, 0.1) is 17.3 Å². The average molecular weight is 341 g/mol. The molecule has 3 aliphatic carbocycles. The highest BCUT2D eigenvalue weighted by Crippen LogP contribution is 2.59. The third-order valence-corrected chi connectivity index (χ3v) is 7.21. The van der Waals surface area contributed by atoms with Crippen molar-refractivity contribution in [2.45, 2.75) is 57.9 Å². The summed E-state index contributed by atoms with van der Waals surface area (Å²) in [5, 5.41) is 2.74. The Labute approximate surface area is 149 Å². The quantitative estimate of drug-likeness (QED) is 0.854. The molecule has 0 aromatic heterocycles. The lowest BCUT2D eigenvalue weighted by Gasteiger charge is -2.48. The average Bonchev–Trinajstić information content (AvgIpc) is 2.94. The van der Waals surface area contributed by atoms with Crippen LogP contribution in [0.5, 0.6) is 5.75 Å². The molecule has 25 heavy (non-hydrogen) atoms. The standard InChI is InChI=1S/C21H27NO3/c1-21-8-7-15-16(18(21)5-6-20(21)24)4-3-13-9-14(11-22-12-23)19(25-2)10-17(13)15/h9-10,12,15-16,18H,3-8,11H2,1-2H3,(H,22,23). The van der Waals surface area contributed by atoms with Gasteiger partial charge in [0.15, 0.2) is 0 Å². The van der Waals surface area contributed by atoms with E-state index in [2.05, 4.69) is 24.4 Å². The number of rotatable bonds is 4. The number of methoxy groups -OCH3 is 1. The normalized spacial score (nSPS) is 33.2. The number of carbonyl (C=O) groups excluding carboxylic acids is 2. The molecular formula is C21H27NO3. The Hall–Kier alpha value is -1.84. The summed E-state index contributed by atoms with van der Waals surface area (Å²) in [6.45, 7) is 2.72. The number of carbonyl (C=O) groups is 2. The van der Waals surface area contributed by atoms with Crippen molar-refractivity contribution in [1.29, 1.82) is 0 Å². The van der Waals surface area contributed by atoms with Crippen LogP contribution in [-0.4, -0.2) is 19.3 Å². The van der Waals surface area contributed by atoms with Gasteiger partial charge in [0.05, 0.1) is 7.11 Å². The summed E-state index contributed by atoms with van der Waals surface area (Å²) >= 11 is 0. The highest BCUT2D eigenvalue weighted by Gasteiger charge is 2.54. The zero-order chi connectivity index (χ0) is 17.6. The van der Waals surface area contributed by atoms with Crippen molar-refractivity contribution in [3.63, 3.8) is 0 Å². The maximum absolute atomic E-state index is 12.4. The zero-order valence-corrected chi connectivity index (χ0v) is 15.1. The van der Waals surface area contributed by atoms with E-state index in [-0.39, 0.29) is 5.41 Å². The van der Waals surface area contributed by atoms with Crippen molar-refractivity contribution >= 4 is 12.2 Å². The van der Waals surface area contributed by atoms with E-state index in [1.54, 1.807) is 7.11 Å². The molecule has 0 saturated heterocycles. The lowest BCUT2D eigenvalue weighted by atomic mass is 9.55. The maximum atomic E-state index is 12.4. The van der Waals surface area contributed by atoms with Gasteiger partial charge < -0.3 is 10.1 Å². The third kappa shape index (κ3) is 2.49. The smallest absolute Gasteiger partial charge is 0.207 e. The summed E-state index contributed by atoms with van der Waals surface area (Å²) in [5.41, 5.74) is 3.79. The molecular weight excluding hydrogens is 314 g/mol. The molecule has 0 aliphatic heterocycles. The van der Waals surface area contributed by atoms with Crippen LogP contribution in [-0.2, 0) is 22.6 Å². The maximum Gasteiger partial charge on any atom is 0.207 e. The predicted molar refractivity (Wildman–Crippen MR) is 95.5 cm³/mol. The molecule has 0 bridgehead atoms. The molecule has 2 fully saturated rings. The lowest BCUT2D eigenvalue weighted by molar-refractivity contribution is -0.129. The van der Waals surface area contributed by atoms with Gasteiger partial charge in [0.2, 0.25) is 6.41 Å². The van der Waals surface area contributed by atoms with E-state index in [0.29, 0.717) is 30.1 Å². The molecule has 4 rings (SSSR count). The molecule has 1 N–H and O–H groups in total. The van der Waals surface area contributed by atoms with Crippen LogP contribution in [0.1, 0.15) is 61.6 Å². The number of ketones is 1. The Morgan fingerprint density at radius 1 is 1.28 bits per heavy atom. The monoisotopic (exact) mass is 341 g/mol. The summed E-state index contributed by atoms with van der Waals surface area (Å²) < 4.78 is 5.60. The molecule has 1 amide bonds. The van der Waals surface area contributed by atoms with Crippen LogP contribution < -0.4 is 10.1 Å². The minimum Gasteiger partial charge on any atom is -0.496 e. The number of nitrogens with one attached hydrogen (secondary N) is 1. The van der Waals surface area contributed by atoms with Gasteiger partial charge in [0.1, 0.15) is 11.5 Å². The van der Waals surface area contributed by atoms with Gasteiger partial charge in [-0.3, -0.25) is 9.59 Å². The van der Waals surface area contributed by atoms with Crippen LogP contribution in [0.25, 0.3) is 0 Å². The first-order valence-electron chi connectivity index (χ1n) is 9.48. The van der Waals surface area contributed by atoms with Crippen molar-refractivity contribution in [2.75, 3.05) is 7.11 Å². The minimum atomic E-state index is -0.0728. The topological polar surface area (TPSA) is 55.4 Å². The molecule has 1 aromatic rings. The largest absolute Gasteiger partial charge is 0.496 e. The Morgan fingerprint density at radius 2 is 2.12 bits per heavy atom. The molecule has 134 valence electrons. The minimum absolute atomic E-state index is 0.0728. The van der Waals surface area contributed by atoms with Gasteiger partial charge in [-0.05, 0) is 67.1 Å². The van der Waals surface area contributed by atoms with E-state index in [1.165, 1.54) is 17.5 Å². The molecule has 3 aliphatic rings. The van der Waals surface area contributed by atoms with Crippen LogP contribution in [0.2, 0.25) is 0 Å². The van der Waals surface area contributed by atoms with E-state index in [0.717, 1.165) is 49.8 Å². The number of Topliss-reactive ketones (excluding diaryl/α,β-unsaturated/α-hetero) is 1. The van der Waals surface area contributed by atoms with E-state index in [4.69, 9.17) is 4.74 Å². The van der Waals surface area contributed by atoms with Crippen LogP contribution in [0.3, 0.4) is 0 Å². The fourth-order valence-electron chi connectivity index (χ4n) is 5.90. The number of hydrogen-bond donors (Lipinski definition) is 1. The highest BCUT2D eigenvalue weighted by atomic mass is 16.5. The molecule has 1 aromatic carbocycles. The third-order valence-electron chi connectivity index (χ3n) is 7.21. The molecule has 2 saturated carbocycles. The van der Waals surface area contributed by atoms with Crippen molar-refractivity contribution in [2.24, 2.45) is 17.3 Å². The molecule has 0 heterocycles. The van der Waals surface area contributed by atoms with E-state index < -0.39 is 0 Å². The van der Waals surface area contributed by atoms with Crippen LogP contribution >= 0.6 is 0 Å². The summed E-state index contributed by atoms with van der Waals surface area (Å²) in [4.78, 5) is 23.1. The Balaban J connectivity index is 1.68. The molecule has 0 spiro atoms. The summed E-state index contributed by atoms with van der Waals surface area (Å²) in [5.74, 6) is 3.09. The van der Waals surface area contributed by atoms with Crippen LogP contribution in [0.4, 0.5) is 0 Å². The van der Waals surface area contributed by atoms with Gasteiger partial charge in [-0.1, -0.05) is 13.0 Å². The van der Waals surface area contributed by atoms with Gasteiger partial charge in [0.25, 0.3) is 0 Å². The first kappa shape index (κ1) is 16.6. The summed E-state index contributed by atoms with van der Waals surface area (Å²) in [6, 6.07) is 4.42. The zero-order valence-electron chi connectivity index (χ0n) is 15.1. The van der Waals surface area contributed by atoms with Gasteiger partial charge in [-0.25, -0.2) is 0 Å². The Bertz CT molecular complexity index is 713. The Morgan fingerprint density at radius 3 is 2.88 bits per heavy atom. The van der Waals surface area contributed by atoms with Gasteiger partial charge in [0, 0.05) is 23.9 Å². The lowest BCUT2D eigenvalue weighted by Crippen LogP contribution is -2.42. The summed E-state index contributed by atoms with van der Waals surface area (Å²) in [6.07, 6.45) is 6.95. The number of amides is 1. The highest BCUT2D eigenvalue weighted by molar-refractivity contribution is 5.87. The fraction of sp³-hybridized carbons (Fsp3) is 0.619. The second-order valence-electron chi connectivity index (χ2n) is 8.20. The van der Waals surface area contributed by atoms with E-state index in [1.807, 2.05) is 0 Å². The van der Waals surface area contributed by atoms with Gasteiger partial charge >= 0.3 is 0 Å². The number of aryl methyl sites for hydroxylation is 1. The van der Waals surface area contributed by atoms with Gasteiger partial charge in [-0.15, -0.1) is 0 Å². The van der Waals surface area contributed by atoms with Crippen molar-refractivity contribution in [1.82, 2.24) is 5.32 Å². The second-order valence-corrected chi connectivity index (χ2v) is 8.20. The van der Waals surface area contributed by atoms with Crippen LogP contribution in [0.15, 0.2) is 12.1 Å². The number of hydrogen-bond acceptors (Lipinski definition) is 3.